The van der Waals surface area contributed by atoms with Gasteiger partial charge in [-0.15, -0.1) is 0 Å². The quantitative estimate of drug-likeness (QED) is 0.860. The predicted octanol–water partition coefficient (Wildman–Crippen LogP) is 2.73. The average molecular weight is 300 g/mol. The second-order valence-corrected chi connectivity index (χ2v) is 5.78. The molecule has 1 amide bonds. The molecule has 1 aliphatic carbocycles. The van der Waals surface area contributed by atoms with E-state index in [2.05, 4.69) is 10.3 Å². The Kier molecular flexibility index (Phi) is 4.24. The van der Waals surface area contributed by atoms with Gasteiger partial charge in [0.25, 0.3) is 0 Å². The molecule has 116 valence electrons. The zero-order valence-electron chi connectivity index (χ0n) is 12.6. The summed E-state index contributed by atoms with van der Waals surface area (Å²) in [5.41, 5.74) is 0. The topological polar surface area (TPSA) is 71.5 Å². The Morgan fingerprint density at radius 1 is 1.41 bits per heavy atom. The molecule has 0 radical (unpaired) electrons. The van der Waals surface area contributed by atoms with E-state index in [4.69, 9.17) is 9.84 Å². The van der Waals surface area contributed by atoms with E-state index < -0.39 is 0 Å². The zero-order valence-corrected chi connectivity index (χ0v) is 12.6. The highest BCUT2D eigenvalue weighted by Gasteiger charge is 2.29. The largest absolute Gasteiger partial charge is 0.491 e. The summed E-state index contributed by atoms with van der Waals surface area (Å²) in [7, 11) is 0. The van der Waals surface area contributed by atoms with Crippen LogP contribution in [0.1, 0.15) is 26.2 Å². The number of hydrogen-bond acceptors (Lipinski definition) is 4. The highest BCUT2D eigenvalue weighted by atomic mass is 16.5. The van der Waals surface area contributed by atoms with Gasteiger partial charge >= 0.3 is 0 Å². The van der Waals surface area contributed by atoms with Crippen molar-refractivity contribution in [2.24, 2.45) is 5.92 Å². The molecule has 1 aromatic heterocycles. The molecule has 0 saturated heterocycles. The standard InChI is InChI=1S/C17H20N2O3/c1-11(6-7-20)22-15-5-4-13-9-16(18-10-14(13)8-15)19-17(21)12-2-3-12/h4-5,8-12,20H,2-3,6-7H2,1H3,(H,18,19,21)/t11-/m1/s1. The predicted molar refractivity (Wildman–Crippen MR) is 84.9 cm³/mol. The number of ether oxygens (including phenoxy) is 1. The maximum Gasteiger partial charge on any atom is 0.228 e. The van der Waals surface area contributed by atoms with Gasteiger partial charge in [0, 0.05) is 30.5 Å². The molecule has 22 heavy (non-hydrogen) atoms. The third-order valence-electron chi connectivity index (χ3n) is 3.77. The van der Waals surface area contributed by atoms with E-state index in [1.807, 2.05) is 31.2 Å². The fourth-order valence-electron chi connectivity index (χ4n) is 2.31. The van der Waals surface area contributed by atoms with Crippen LogP contribution in [0.5, 0.6) is 5.75 Å². The molecule has 0 aliphatic heterocycles. The Labute approximate surface area is 129 Å². The number of fused-ring (bicyclic) bond motifs is 1. The summed E-state index contributed by atoms with van der Waals surface area (Å²) < 4.78 is 5.74. The average Bonchev–Trinajstić information content (AvgIpc) is 3.32. The van der Waals surface area contributed by atoms with E-state index in [1.54, 1.807) is 6.20 Å². The minimum atomic E-state index is -0.0347. The highest BCUT2D eigenvalue weighted by molar-refractivity contribution is 5.95. The first-order valence-electron chi connectivity index (χ1n) is 7.64. The van der Waals surface area contributed by atoms with E-state index >= 15 is 0 Å². The van der Waals surface area contributed by atoms with E-state index in [0.29, 0.717) is 12.2 Å². The van der Waals surface area contributed by atoms with Crippen LogP contribution in [0.3, 0.4) is 0 Å². The summed E-state index contributed by atoms with van der Waals surface area (Å²) >= 11 is 0. The van der Waals surface area contributed by atoms with Gasteiger partial charge in [0.15, 0.2) is 0 Å². The molecule has 1 fully saturated rings. The molecule has 1 heterocycles. The van der Waals surface area contributed by atoms with Crippen molar-refractivity contribution in [3.8, 4) is 5.75 Å². The number of nitrogens with one attached hydrogen (secondary N) is 1. The van der Waals surface area contributed by atoms with Crippen molar-refractivity contribution in [2.75, 3.05) is 11.9 Å². The first-order chi connectivity index (χ1) is 10.7. The van der Waals surface area contributed by atoms with Gasteiger partial charge < -0.3 is 15.2 Å². The number of amides is 1. The summed E-state index contributed by atoms with van der Waals surface area (Å²) in [6, 6.07) is 7.63. The maximum atomic E-state index is 11.8. The van der Waals surface area contributed by atoms with Crippen LogP contribution in [0.25, 0.3) is 10.8 Å². The number of hydrogen-bond donors (Lipinski definition) is 2. The fourth-order valence-corrected chi connectivity index (χ4v) is 2.31. The van der Waals surface area contributed by atoms with Gasteiger partial charge in [-0.1, -0.05) is 6.07 Å². The van der Waals surface area contributed by atoms with Gasteiger partial charge in [0.05, 0.1) is 6.10 Å². The number of aliphatic hydroxyl groups excluding tert-OH is 1. The number of aromatic nitrogens is 1. The van der Waals surface area contributed by atoms with Crippen LogP contribution >= 0.6 is 0 Å². The lowest BCUT2D eigenvalue weighted by Gasteiger charge is -2.14. The molecule has 1 atom stereocenters. The number of pyridine rings is 1. The van der Waals surface area contributed by atoms with Crippen LogP contribution in [-0.2, 0) is 4.79 Å². The number of nitrogens with zero attached hydrogens (tertiary/aromatic N) is 1. The van der Waals surface area contributed by atoms with Gasteiger partial charge in [-0.2, -0.15) is 0 Å². The monoisotopic (exact) mass is 300 g/mol. The second kappa shape index (κ2) is 6.32. The van der Waals surface area contributed by atoms with Crippen molar-refractivity contribution >= 4 is 22.5 Å². The molecule has 2 N–H and O–H groups in total. The number of anilines is 1. The van der Waals surface area contributed by atoms with Crippen LogP contribution in [-0.4, -0.2) is 28.7 Å². The Balaban J connectivity index is 1.74. The number of rotatable bonds is 6. The van der Waals surface area contributed by atoms with Gasteiger partial charge in [0.1, 0.15) is 11.6 Å². The minimum Gasteiger partial charge on any atom is -0.491 e. The molecule has 1 saturated carbocycles. The van der Waals surface area contributed by atoms with Gasteiger partial charge in [0.2, 0.25) is 5.91 Å². The highest BCUT2D eigenvalue weighted by Crippen LogP contribution is 2.30. The van der Waals surface area contributed by atoms with Crippen LogP contribution in [0, 0.1) is 5.92 Å². The van der Waals surface area contributed by atoms with E-state index in [1.165, 1.54) is 0 Å². The Bertz CT molecular complexity index is 683. The van der Waals surface area contributed by atoms with Crippen molar-refractivity contribution in [3.05, 3.63) is 30.5 Å². The number of carbonyl (C=O) groups is 1. The molecule has 5 nitrogen and oxygen atoms in total. The number of carbonyl (C=O) groups excluding carboxylic acids is 1. The number of aliphatic hydroxyl groups is 1. The smallest absolute Gasteiger partial charge is 0.228 e. The van der Waals surface area contributed by atoms with E-state index in [-0.39, 0.29) is 24.5 Å². The lowest BCUT2D eigenvalue weighted by molar-refractivity contribution is -0.117. The summed E-state index contributed by atoms with van der Waals surface area (Å²) in [5, 5.41) is 13.7. The van der Waals surface area contributed by atoms with Gasteiger partial charge in [-0.3, -0.25) is 4.79 Å². The molecule has 0 spiro atoms. The van der Waals surface area contributed by atoms with E-state index in [0.717, 1.165) is 29.4 Å². The second-order valence-electron chi connectivity index (χ2n) is 5.78. The Hall–Kier alpha value is -2.14. The lowest BCUT2D eigenvalue weighted by Crippen LogP contribution is -2.14. The normalized spacial score (nSPS) is 15.5. The fraction of sp³-hybridized carbons (Fsp3) is 0.412. The molecular formula is C17H20N2O3. The molecule has 5 heteroatoms. The van der Waals surface area contributed by atoms with E-state index in [9.17, 15) is 4.79 Å². The Morgan fingerprint density at radius 2 is 2.23 bits per heavy atom. The minimum absolute atomic E-state index is 0.0347. The van der Waals surface area contributed by atoms with Crippen LogP contribution in [0.15, 0.2) is 30.5 Å². The van der Waals surface area contributed by atoms with Crippen molar-refractivity contribution in [1.82, 2.24) is 4.98 Å². The van der Waals surface area contributed by atoms with Crippen LogP contribution in [0.4, 0.5) is 5.82 Å². The van der Waals surface area contributed by atoms with Crippen molar-refractivity contribution in [2.45, 2.75) is 32.3 Å². The summed E-state index contributed by atoms with van der Waals surface area (Å²) in [5.74, 6) is 1.57. The first-order valence-corrected chi connectivity index (χ1v) is 7.64. The third-order valence-corrected chi connectivity index (χ3v) is 3.77. The van der Waals surface area contributed by atoms with Crippen LogP contribution < -0.4 is 10.1 Å². The SMILES string of the molecule is C[C@H](CCO)Oc1ccc2cc(NC(=O)C3CC3)ncc2c1. The Morgan fingerprint density at radius 3 is 2.95 bits per heavy atom. The lowest BCUT2D eigenvalue weighted by atomic mass is 10.1. The molecule has 2 aromatic rings. The summed E-state index contributed by atoms with van der Waals surface area (Å²) in [6.45, 7) is 2.04. The molecular weight excluding hydrogens is 280 g/mol. The van der Waals surface area contributed by atoms with Crippen molar-refractivity contribution in [3.63, 3.8) is 0 Å². The number of benzene rings is 1. The molecule has 0 unspecified atom stereocenters. The van der Waals surface area contributed by atoms with Crippen molar-refractivity contribution < 1.29 is 14.6 Å². The summed E-state index contributed by atoms with van der Waals surface area (Å²) in [6.07, 6.45) is 4.26. The van der Waals surface area contributed by atoms with Crippen LogP contribution in [0.2, 0.25) is 0 Å². The zero-order chi connectivity index (χ0) is 15.5. The maximum absolute atomic E-state index is 11.8. The van der Waals surface area contributed by atoms with Gasteiger partial charge in [-0.25, -0.2) is 4.98 Å². The van der Waals surface area contributed by atoms with Gasteiger partial charge in [-0.05, 0) is 43.4 Å². The third kappa shape index (κ3) is 3.54. The molecule has 1 aromatic carbocycles. The van der Waals surface area contributed by atoms with Crippen molar-refractivity contribution in [1.29, 1.82) is 0 Å². The molecule has 1 aliphatic rings. The first kappa shape index (κ1) is 14.8. The molecule has 3 rings (SSSR count). The summed E-state index contributed by atoms with van der Waals surface area (Å²) in [4.78, 5) is 16.0. The molecule has 0 bridgehead atoms.